The molecule has 7 heteroatoms. The Morgan fingerprint density at radius 3 is 2.53 bits per heavy atom. The molecule has 0 spiro atoms. The third kappa shape index (κ3) is 3.18. The summed E-state index contributed by atoms with van der Waals surface area (Å²) in [6, 6.07) is 16.2. The van der Waals surface area contributed by atoms with Gasteiger partial charge in [0.1, 0.15) is 5.75 Å². The SMILES string of the molecule is COc1ccc(CN2C[C@H]3c4cc(-c5ccc(F)nc5)ccc4S(=O)(=O)[C@H]3C2)cc1. The van der Waals surface area contributed by atoms with Crippen LogP contribution in [0.3, 0.4) is 0 Å². The van der Waals surface area contributed by atoms with Crippen molar-refractivity contribution in [2.24, 2.45) is 0 Å². The number of fused-ring (bicyclic) bond motifs is 3. The maximum atomic E-state index is 13.2. The lowest BCUT2D eigenvalue weighted by Gasteiger charge is -2.18. The Kier molecular flexibility index (Phi) is 4.60. The van der Waals surface area contributed by atoms with E-state index in [0.717, 1.165) is 28.0 Å². The number of sulfone groups is 1. The topological polar surface area (TPSA) is 59.5 Å². The van der Waals surface area contributed by atoms with Crippen LogP contribution in [0.1, 0.15) is 17.0 Å². The number of halogens is 1. The van der Waals surface area contributed by atoms with Crippen molar-refractivity contribution in [3.05, 3.63) is 77.9 Å². The van der Waals surface area contributed by atoms with Crippen LogP contribution in [0, 0.1) is 5.95 Å². The first-order valence-electron chi connectivity index (χ1n) is 9.81. The maximum absolute atomic E-state index is 13.2. The number of rotatable bonds is 4. The number of benzene rings is 2. The smallest absolute Gasteiger partial charge is 0.212 e. The lowest BCUT2D eigenvalue weighted by atomic mass is 9.95. The standard InChI is InChI=1S/C23H21FN2O3S/c1-29-18-6-2-15(3-7-18)12-26-13-20-19-10-16(17-5-9-23(24)25-11-17)4-8-21(19)30(27,28)22(20)14-26/h2-11,20,22H,12-14H2,1H3/t20-,22-/m0/s1. The fraction of sp³-hybridized carbons (Fsp3) is 0.261. The third-order valence-electron chi connectivity index (χ3n) is 6.08. The van der Waals surface area contributed by atoms with Crippen molar-refractivity contribution >= 4 is 9.84 Å². The summed E-state index contributed by atoms with van der Waals surface area (Å²) in [5, 5.41) is -0.424. The van der Waals surface area contributed by atoms with E-state index < -0.39 is 21.0 Å². The molecule has 2 atom stereocenters. The molecule has 0 N–H and O–H groups in total. The van der Waals surface area contributed by atoms with Crippen LogP contribution in [-0.2, 0) is 16.4 Å². The van der Waals surface area contributed by atoms with E-state index in [1.54, 1.807) is 25.3 Å². The monoisotopic (exact) mass is 424 g/mol. The molecule has 0 bridgehead atoms. The first kappa shape index (κ1) is 19.2. The molecule has 1 aromatic heterocycles. The van der Waals surface area contributed by atoms with Crippen LogP contribution in [0.2, 0.25) is 0 Å². The first-order valence-corrected chi connectivity index (χ1v) is 11.4. The van der Waals surface area contributed by atoms with Crippen molar-refractivity contribution in [1.29, 1.82) is 0 Å². The zero-order valence-electron chi connectivity index (χ0n) is 16.5. The van der Waals surface area contributed by atoms with Gasteiger partial charge in [-0.2, -0.15) is 4.39 Å². The van der Waals surface area contributed by atoms with Crippen molar-refractivity contribution in [3.63, 3.8) is 0 Å². The highest BCUT2D eigenvalue weighted by atomic mass is 32.2. The average Bonchev–Trinajstić information content (AvgIpc) is 3.26. The van der Waals surface area contributed by atoms with Crippen molar-refractivity contribution in [2.75, 3.05) is 20.2 Å². The summed E-state index contributed by atoms with van der Waals surface area (Å²) in [5.41, 5.74) is 3.61. The molecule has 1 saturated heterocycles. The van der Waals surface area contributed by atoms with Gasteiger partial charge in [-0.3, -0.25) is 4.90 Å². The molecule has 5 nitrogen and oxygen atoms in total. The van der Waals surface area contributed by atoms with E-state index in [1.165, 1.54) is 12.3 Å². The van der Waals surface area contributed by atoms with Gasteiger partial charge in [0.2, 0.25) is 5.95 Å². The van der Waals surface area contributed by atoms with Gasteiger partial charge in [-0.25, -0.2) is 13.4 Å². The Bertz CT molecular complexity index is 1190. The lowest BCUT2D eigenvalue weighted by Crippen LogP contribution is -2.25. The summed E-state index contributed by atoms with van der Waals surface area (Å²) in [6.45, 7) is 1.90. The van der Waals surface area contributed by atoms with Crippen LogP contribution in [0.4, 0.5) is 4.39 Å². The molecule has 0 saturated carbocycles. The minimum Gasteiger partial charge on any atom is -0.497 e. The second-order valence-corrected chi connectivity index (χ2v) is 9.99. The molecule has 3 heterocycles. The van der Waals surface area contributed by atoms with Crippen LogP contribution < -0.4 is 4.74 Å². The van der Waals surface area contributed by atoms with E-state index >= 15 is 0 Å². The number of aromatic nitrogens is 1. The van der Waals surface area contributed by atoms with Crippen molar-refractivity contribution < 1.29 is 17.5 Å². The zero-order chi connectivity index (χ0) is 20.9. The van der Waals surface area contributed by atoms with E-state index in [9.17, 15) is 12.8 Å². The highest BCUT2D eigenvalue weighted by Gasteiger charge is 2.50. The Hall–Kier alpha value is -2.77. The van der Waals surface area contributed by atoms with E-state index in [0.29, 0.717) is 24.5 Å². The van der Waals surface area contributed by atoms with E-state index in [1.807, 2.05) is 30.3 Å². The second kappa shape index (κ2) is 7.18. The predicted molar refractivity (Wildman–Crippen MR) is 112 cm³/mol. The first-order chi connectivity index (χ1) is 14.5. The number of nitrogens with zero attached hydrogens (tertiary/aromatic N) is 2. The van der Waals surface area contributed by atoms with Gasteiger partial charge >= 0.3 is 0 Å². The summed E-state index contributed by atoms with van der Waals surface area (Å²) in [7, 11) is -1.73. The van der Waals surface area contributed by atoms with Gasteiger partial charge in [-0.15, -0.1) is 0 Å². The number of hydrogen-bond donors (Lipinski definition) is 0. The molecule has 1 fully saturated rings. The molecule has 0 unspecified atom stereocenters. The molecule has 30 heavy (non-hydrogen) atoms. The molecule has 5 rings (SSSR count). The number of pyridine rings is 1. The highest BCUT2D eigenvalue weighted by molar-refractivity contribution is 7.92. The van der Waals surface area contributed by atoms with Crippen LogP contribution in [0.25, 0.3) is 11.1 Å². The molecule has 2 aliphatic heterocycles. The van der Waals surface area contributed by atoms with Gasteiger partial charge in [0, 0.05) is 37.3 Å². The van der Waals surface area contributed by atoms with E-state index in [4.69, 9.17) is 4.74 Å². The number of likely N-dealkylation sites (tertiary alicyclic amines) is 1. The van der Waals surface area contributed by atoms with E-state index in [-0.39, 0.29) is 5.92 Å². The average molecular weight is 424 g/mol. The van der Waals surface area contributed by atoms with Crippen molar-refractivity contribution in [3.8, 4) is 16.9 Å². The van der Waals surface area contributed by atoms with Crippen molar-refractivity contribution in [2.45, 2.75) is 22.6 Å². The highest BCUT2D eigenvalue weighted by Crippen LogP contribution is 2.46. The summed E-state index contributed by atoms with van der Waals surface area (Å²) in [5.74, 6) is 0.209. The van der Waals surface area contributed by atoms with E-state index in [2.05, 4.69) is 9.88 Å². The minimum atomic E-state index is -3.36. The molecule has 2 aliphatic rings. The van der Waals surface area contributed by atoms with Gasteiger partial charge in [-0.05, 0) is 53.1 Å². The normalized spacial score (nSPS) is 21.9. The minimum absolute atomic E-state index is 0.0587. The van der Waals surface area contributed by atoms with Crippen LogP contribution in [0.5, 0.6) is 5.75 Å². The Morgan fingerprint density at radius 1 is 1.07 bits per heavy atom. The third-order valence-corrected chi connectivity index (χ3v) is 8.34. The molecule has 0 aliphatic carbocycles. The Labute approximate surface area is 175 Å². The summed E-state index contributed by atoms with van der Waals surface area (Å²) in [6.07, 6.45) is 1.47. The number of ether oxygens (including phenoxy) is 1. The quantitative estimate of drug-likeness (QED) is 0.599. The molecule has 0 radical (unpaired) electrons. The largest absolute Gasteiger partial charge is 0.497 e. The lowest BCUT2D eigenvalue weighted by molar-refractivity contribution is 0.325. The number of methoxy groups -OCH3 is 1. The maximum Gasteiger partial charge on any atom is 0.212 e. The molecular formula is C23H21FN2O3S. The molecule has 0 amide bonds. The summed E-state index contributed by atoms with van der Waals surface area (Å²) in [4.78, 5) is 6.34. The van der Waals surface area contributed by atoms with Crippen LogP contribution in [0.15, 0.2) is 65.7 Å². The second-order valence-electron chi connectivity index (χ2n) is 7.85. The summed E-state index contributed by atoms with van der Waals surface area (Å²) < 4.78 is 44.6. The van der Waals surface area contributed by atoms with Crippen LogP contribution >= 0.6 is 0 Å². The molecular weight excluding hydrogens is 403 g/mol. The van der Waals surface area contributed by atoms with Crippen molar-refractivity contribution in [1.82, 2.24) is 9.88 Å². The predicted octanol–water partition coefficient (Wildman–Crippen LogP) is 3.65. The Morgan fingerprint density at radius 2 is 1.83 bits per heavy atom. The molecule has 3 aromatic rings. The Balaban J connectivity index is 1.43. The van der Waals surface area contributed by atoms with Gasteiger partial charge < -0.3 is 4.74 Å². The van der Waals surface area contributed by atoms with Gasteiger partial charge in [0.05, 0.1) is 17.3 Å². The van der Waals surface area contributed by atoms with Gasteiger partial charge in [-0.1, -0.05) is 18.2 Å². The van der Waals surface area contributed by atoms with Gasteiger partial charge in [0.25, 0.3) is 0 Å². The molecule has 154 valence electrons. The number of hydrogen-bond acceptors (Lipinski definition) is 5. The fourth-order valence-corrected chi connectivity index (χ4v) is 6.76. The molecule has 2 aromatic carbocycles. The van der Waals surface area contributed by atoms with Gasteiger partial charge in [0.15, 0.2) is 9.84 Å². The fourth-order valence-electron chi connectivity index (χ4n) is 4.57. The van der Waals surface area contributed by atoms with Crippen LogP contribution in [-0.4, -0.2) is 43.8 Å². The zero-order valence-corrected chi connectivity index (χ0v) is 17.3. The summed E-state index contributed by atoms with van der Waals surface area (Å²) >= 11 is 0.